The Morgan fingerprint density at radius 3 is 1.28 bits per heavy atom. The standard InChI is InChI=1S/C24H21F3O4S.C23H18N2O4S.C22H22O6S3.C21H20O7S3/c1-14-2-3-16(10-14)20-9-7-19(24(25,26)27)11-18(20)13-32(30,31)22-12-17(23(28)29)6-8-21(22)15-4-5-15;24-13-15-4-8-19(21-3-1-2-10-25-21)18(11-15)14-30(28,29)22-12-17(23(26)27)7-9-20(22)16-5-6-16;1-4-15-6-7-16(22(23)24)12-21(15)31(27,28)13-17-11-18(30(3,25)26)8-9-19(17)20-10-5-14(2)29-20;1-13-4-9-19(29-13)17-7-6-16(30(3,24)25)10-15(17)12-31(26,27)20-11-14(21(22)23)5-8-18(20)28-2/h2-3,6-9,11-12,15H,4-5,10,13H2,1H3,(H,28,29);1-4,7-12,16H,5-6,14H2,(H,26,27);5-12H,4,13H2,1-3H3,(H,23,24);4-11H,12H2,1-3H3,(H,22,23). The first kappa shape index (κ1) is 93.2. The second kappa shape index (κ2) is 37.5. The van der Waals surface area contributed by atoms with E-state index in [4.69, 9.17) is 4.74 Å². The van der Waals surface area contributed by atoms with Crippen molar-refractivity contribution in [2.24, 2.45) is 0 Å². The van der Waals surface area contributed by atoms with Gasteiger partial charge in [-0.3, -0.25) is 4.98 Å². The van der Waals surface area contributed by atoms with Crippen molar-refractivity contribution >= 4 is 111 Å². The van der Waals surface area contributed by atoms with Crippen molar-refractivity contribution in [3.63, 3.8) is 0 Å². The lowest BCUT2D eigenvalue weighted by molar-refractivity contribution is -0.137. The second-order valence-corrected chi connectivity index (χ2v) is 44.2. The average Bonchev–Trinajstić information content (AvgIpc) is 1.41. The van der Waals surface area contributed by atoms with Crippen LogP contribution in [0.25, 0.3) is 37.7 Å². The SMILES string of the molecule is CC1=CC=C(c2ccc(C(F)(F)F)cc2CS(=O)(=O)c2cc(C(=O)O)ccc2C2CC2)C1.CCc1ccc(C(=O)O)cc1S(=O)(=O)Cc1cc(S(C)(=O)=O)ccc1-c1ccc(C)s1.COc1ccc(C(=O)O)cc1S(=O)(=O)Cc1cc(S(C)(=O)=O)ccc1-c1ccc(C)s1.N#Cc1ccc(-c2ccccn2)c(CS(=O)(=O)c2cc(C(=O)O)ccc2C2CC2)c1. The number of allylic oxidation sites excluding steroid dienone is 4. The highest BCUT2D eigenvalue weighted by molar-refractivity contribution is 7.92. The van der Waals surface area contributed by atoms with Gasteiger partial charge in [0.25, 0.3) is 0 Å². The van der Waals surface area contributed by atoms with Gasteiger partial charge in [-0.15, -0.1) is 22.7 Å². The van der Waals surface area contributed by atoms with Crippen LogP contribution in [0.1, 0.15) is 165 Å². The van der Waals surface area contributed by atoms with Gasteiger partial charge in [0.15, 0.2) is 59.0 Å². The van der Waals surface area contributed by atoms with Gasteiger partial charge >= 0.3 is 30.1 Å². The summed E-state index contributed by atoms with van der Waals surface area (Å²) in [5.41, 5.74) is 6.45. The Labute approximate surface area is 723 Å². The molecule has 0 saturated heterocycles. The first-order valence-corrected chi connectivity index (χ1v) is 50.0. The monoisotopic (exact) mass is 1840 g/mol. The summed E-state index contributed by atoms with van der Waals surface area (Å²) in [5, 5.41) is 46.5. The van der Waals surface area contributed by atoms with Crippen LogP contribution >= 0.6 is 22.7 Å². The van der Waals surface area contributed by atoms with Crippen LogP contribution < -0.4 is 4.74 Å². The number of rotatable bonds is 26. The number of nitrogens with zero attached hydrogens (tertiary/aromatic N) is 2. The van der Waals surface area contributed by atoms with Crippen LogP contribution in [0.2, 0.25) is 0 Å². The molecule has 3 heterocycles. The van der Waals surface area contributed by atoms with Crippen molar-refractivity contribution in [3.05, 3.63) is 300 Å². The van der Waals surface area contributed by atoms with Crippen LogP contribution in [0.5, 0.6) is 5.75 Å². The Hall–Kier alpha value is -11.6. The normalized spacial score (nSPS) is 13.6. The molecule has 2 saturated carbocycles. The number of aryl methyl sites for hydroxylation is 3. The molecule has 14 rings (SSSR count). The van der Waals surface area contributed by atoms with E-state index in [1.54, 1.807) is 73.8 Å². The van der Waals surface area contributed by atoms with E-state index in [1.807, 2.05) is 57.2 Å². The maximum Gasteiger partial charge on any atom is 0.416 e. The molecule has 0 unspecified atom stereocenters. The van der Waals surface area contributed by atoms with Gasteiger partial charge < -0.3 is 25.2 Å². The second-order valence-electron chi connectivity index (χ2n) is 29.8. The number of hydrogen-bond donors (Lipinski definition) is 4. The molecule has 3 aliphatic rings. The molecular formula is C90H81F3N2O21S8. The van der Waals surface area contributed by atoms with E-state index in [2.05, 4.69) is 4.98 Å². The van der Waals surface area contributed by atoms with Gasteiger partial charge in [-0.2, -0.15) is 18.4 Å². The minimum Gasteiger partial charge on any atom is -0.495 e. The van der Waals surface area contributed by atoms with Crippen LogP contribution in [-0.2, 0) is 94.6 Å². The first-order valence-electron chi connectivity index (χ1n) is 37.9. The van der Waals surface area contributed by atoms with Gasteiger partial charge in [-0.1, -0.05) is 73.2 Å². The Bertz CT molecular complexity index is 6730. The number of halogens is 3. The summed E-state index contributed by atoms with van der Waals surface area (Å²) in [4.78, 5) is 53.2. The third-order valence-corrected chi connectivity index (χ3v) is 31.5. The van der Waals surface area contributed by atoms with Gasteiger partial charge in [0, 0.05) is 43.8 Å². The number of carbonyl (C=O) groups is 4. The zero-order valence-electron chi connectivity index (χ0n) is 67.4. The zero-order chi connectivity index (χ0) is 90.5. The van der Waals surface area contributed by atoms with Crippen LogP contribution in [0.4, 0.5) is 13.2 Å². The summed E-state index contributed by atoms with van der Waals surface area (Å²) in [6.07, 6.45) is 7.07. The fourth-order valence-electron chi connectivity index (χ4n) is 13.9. The number of aromatic carboxylic acids is 4. The summed E-state index contributed by atoms with van der Waals surface area (Å²) in [5.74, 6) is -6.72. The molecule has 3 aliphatic carbocycles. The van der Waals surface area contributed by atoms with E-state index in [9.17, 15) is 109 Å². The minimum atomic E-state index is -4.61. The predicted molar refractivity (Wildman–Crippen MR) is 464 cm³/mol. The van der Waals surface area contributed by atoms with E-state index < -0.39 is 112 Å². The maximum absolute atomic E-state index is 13.4. The molecule has 646 valence electrons. The lowest BCUT2D eigenvalue weighted by atomic mass is 9.96. The number of pyridine rings is 1. The molecule has 124 heavy (non-hydrogen) atoms. The molecule has 8 aromatic carbocycles. The Balaban J connectivity index is 0.000000161. The lowest BCUT2D eigenvalue weighted by Gasteiger charge is -2.17. The number of carboxylic acids is 4. The highest BCUT2D eigenvalue weighted by Crippen LogP contribution is 2.47. The van der Waals surface area contributed by atoms with Crippen LogP contribution in [-0.4, -0.2) is 119 Å². The number of thiophene rings is 2. The molecule has 0 atom stereocenters. The number of sulfone groups is 6. The molecule has 0 bridgehead atoms. The number of methoxy groups -OCH3 is 1. The van der Waals surface area contributed by atoms with Crippen LogP contribution in [0.15, 0.2) is 241 Å². The number of nitriles is 1. The van der Waals surface area contributed by atoms with E-state index in [-0.39, 0.29) is 80.5 Å². The predicted octanol–water partition coefficient (Wildman–Crippen LogP) is 18.3. The van der Waals surface area contributed by atoms with E-state index >= 15 is 0 Å². The van der Waals surface area contributed by atoms with Gasteiger partial charge in [0.2, 0.25) is 0 Å². The summed E-state index contributed by atoms with van der Waals surface area (Å²) >= 11 is 2.94. The van der Waals surface area contributed by atoms with Gasteiger partial charge in [0.05, 0.1) is 99.7 Å². The van der Waals surface area contributed by atoms with Crippen molar-refractivity contribution in [1.29, 1.82) is 5.26 Å². The summed E-state index contributed by atoms with van der Waals surface area (Å²) in [7, 11) is -21.8. The Morgan fingerprint density at radius 2 is 0.887 bits per heavy atom. The van der Waals surface area contributed by atoms with Crippen molar-refractivity contribution in [1.82, 2.24) is 4.98 Å². The molecule has 34 heteroatoms. The molecule has 23 nitrogen and oxygen atoms in total. The highest BCUT2D eigenvalue weighted by atomic mass is 32.2. The number of benzene rings is 8. The summed E-state index contributed by atoms with van der Waals surface area (Å²) in [6, 6.07) is 47.8. The fraction of sp³-hybridized carbons (Fsp3) is 0.222. The van der Waals surface area contributed by atoms with Gasteiger partial charge in [0.1, 0.15) is 10.6 Å². The van der Waals surface area contributed by atoms with E-state index in [0.717, 1.165) is 93.1 Å². The summed E-state index contributed by atoms with van der Waals surface area (Å²) < 4.78 is 201. The van der Waals surface area contributed by atoms with Crippen molar-refractivity contribution < 1.29 is 108 Å². The highest BCUT2D eigenvalue weighted by Gasteiger charge is 2.37. The molecule has 0 aliphatic heterocycles. The molecule has 4 N–H and O–H groups in total. The lowest BCUT2D eigenvalue weighted by Crippen LogP contribution is -2.13. The van der Waals surface area contributed by atoms with E-state index in [1.165, 1.54) is 115 Å². The largest absolute Gasteiger partial charge is 0.495 e. The topological polar surface area (TPSA) is 400 Å². The van der Waals surface area contributed by atoms with Crippen molar-refractivity contribution in [2.45, 2.75) is 137 Å². The van der Waals surface area contributed by atoms with Gasteiger partial charge in [-0.05, 0) is 272 Å². The molecule has 11 aromatic rings. The fourth-order valence-corrected chi connectivity index (χ4v) is 23.8. The van der Waals surface area contributed by atoms with Crippen LogP contribution in [0.3, 0.4) is 0 Å². The first-order chi connectivity index (χ1) is 58.2. The zero-order valence-corrected chi connectivity index (χ0v) is 73.9. The average molecular weight is 1840 g/mol. The number of hydrogen-bond acceptors (Lipinski definition) is 21. The minimum absolute atomic E-state index is 0.000907. The summed E-state index contributed by atoms with van der Waals surface area (Å²) in [6.45, 7) is 7.53. The number of alkyl halides is 3. The van der Waals surface area contributed by atoms with Crippen LogP contribution in [0, 0.1) is 25.2 Å². The molecular weight excluding hydrogens is 1760 g/mol. The van der Waals surface area contributed by atoms with E-state index in [0.29, 0.717) is 79.7 Å². The van der Waals surface area contributed by atoms with Gasteiger partial charge in [-0.25, -0.2) is 69.7 Å². The number of aromatic nitrogens is 1. The third kappa shape index (κ3) is 22.7. The van der Waals surface area contributed by atoms with Crippen molar-refractivity contribution in [2.75, 3.05) is 19.6 Å². The molecule has 0 spiro atoms. The Kier molecular flexibility index (Phi) is 28.2. The molecule has 0 amide bonds. The molecule has 3 aromatic heterocycles. The Morgan fingerprint density at radius 1 is 0.468 bits per heavy atom. The maximum atomic E-state index is 13.4. The number of ether oxygens (including phenoxy) is 1. The quantitative estimate of drug-likeness (QED) is 0.0391. The molecule has 0 radical (unpaired) electrons. The third-order valence-electron chi connectivity index (χ3n) is 20.4. The number of carboxylic acid groups (broad SMARTS) is 4. The van der Waals surface area contributed by atoms with Crippen molar-refractivity contribution in [3.8, 4) is 44.0 Å². The smallest absolute Gasteiger partial charge is 0.416 e. The molecule has 2 fully saturated rings.